The van der Waals surface area contributed by atoms with Crippen LogP contribution in [0.25, 0.3) is 11.0 Å². The molecule has 1 N–H and O–H groups in total. The molecular weight excluding hydrogens is 366 g/mol. The number of methoxy groups -OCH3 is 1. The number of nitrogens with one attached hydrogen (secondary N) is 1. The Morgan fingerprint density at radius 3 is 2.63 bits per heavy atom. The van der Waals surface area contributed by atoms with Crippen LogP contribution < -0.4 is 10.1 Å². The Balaban J connectivity index is 1.71. The number of hydrogen-bond acceptors (Lipinski definition) is 3. The highest BCUT2D eigenvalue weighted by Crippen LogP contribution is 2.32. The summed E-state index contributed by atoms with van der Waals surface area (Å²) in [6.45, 7) is -0.364. The smallest absolute Gasteiger partial charge is 0.416 e. The van der Waals surface area contributed by atoms with Crippen LogP contribution in [0.5, 0.6) is 5.75 Å². The fourth-order valence-corrected chi connectivity index (χ4v) is 2.72. The summed E-state index contributed by atoms with van der Waals surface area (Å²) in [5, 5.41) is 3.14. The predicted octanol–water partition coefficient (Wildman–Crippen LogP) is 4.46. The van der Waals surface area contributed by atoms with E-state index in [-0.39, 0.29) is 18.5 Å². The molecule has 0 saturated heterocycles. The van der Waals surface area contributed by atoms with E-state index in [1.54, 1.807) is 18.2 Å². The largest absolute Gasteiger partial charge is 0.497 e. The third-order valence-electron chi connectivity index (χ3n) is 4.07. The lowest BCUT2D eigenvalue weighted by atomic mass is 10.1. The van der Waals surface area contributed by atoms with Gasteiger partial charge < -0.3 is 14.5 Å². The number of amides is 1. The van der Waals surface area contributed by atoms with Crippen LogP contribution in [0.15, 0.2) is 47.1 Å². The topological polar surface area (TPSA) is 51.5 Å². The molecule has 8 heteroatoms. The normalized spacial score (nSPS) is 11.6. The average molecular weight is 381 g/mol. The van der Waals surface area contributed by atoms with Gasteiger partial charge in [0.25, 0.3) is 0 Å². The van der Waals surface area contributed by atoms with Crippen LogP contribution in [0.2, 0.25) is 0 Å². The molecule has 0 aliphatic heterocycles. The summed E-state index contributed by atoms with van der Waals surface area (Å²) in [7, 11) is 1.52. The second-order valence-electron chi connectivity index (χ2n) is 5.88. The lowest BCUT2D eigenvalue weighted by Crippen LogP contribution is -2.26. The number of carbonyl (C=O) groups is 1. The average Bonchev–Trinajstić information content (AvgIpc) is 3.01. The summed E-state index contributed by atoms with van der Waals surface area (Å²) >= 11 is 0. The van der Waals surface area contributed by atoms with Gasteiger partial charge in [0.05, 0.1) is 25.4 Å². The van der Waals surface area contributed by atoms with Gasteiger partial charge in [0, 0.05) is 23.6 Å². The maximum atomic E-state index is 13.1. The number of fused-ring (bicyclic) bond motifs is 1. The maximum absolute atomic E-state index is 13.1. The van der Waals surface area contributed by atoms with Gasteiger partial charge in [-0.05, 0) is 29.8 Å². The summed E-state index contributed by atoms with van der Waals surface area (Å²) < 4.78 is 62.6. The van der Waals surface area contributed by atoms with Crippen molar-refractivity contribution in [3.05, 3.63) is 65.2 Å². The fourth-order valence-electron chi connectivity index (χ4n) is 2.72. The van der Waals surface area contributed by atoms with E-state index in [1.807, 2.05) is 0 Å². The number of rotatable bonds is 5. The van der Waals surface area contributed by atoms with Crippen molar-refractivity contribution in [2.24, 2.45) is 0 Å². The highest BCUT2D eigenvalue weighted by molar-refractivity contribution is 5.88. The molecule has 0 fully saturated rings. The summed E-state index contributed by atoms with van der Waals surface area (Å²) in [5.74, 6) is -0.868. The van der Waals surface area contributed by atoms with E-state index >= 15 is 0 Å². The number of furan rings is 1. The van der Waals surface area contributed by atoms with Crippen LogP contribution in [0.1, 0.15) is 16.7 Å². The molecule has 0 unspecified atom stereocenters. The molecule has 1 amide bonds. The molecule has 0 radical (unpaired) electrons. The maximum Gasteiger partial charge on any atom is 0.416 e. The number of benzene rings is 2. The van der Waals surface area contributed by atoms with Gasteiger partial charge in [0.1, 0.15) is 17.1 Å². The third kappa shape index (κ3) is 4.21. The zero-order valence-electron chi connectivity index (χ0n) is 14.2. The SMILES string of the molecule is COc1ccc2c(CC(=O)NCc3ccc(F)cc3C(F)(F)F)coc2c1. The van der Waals surface area contributed by atoms with E-state index in [9.17, 15) is 22.4 Å². The van der Waals surface area contributed by atoms with Crippen molar-refractivity contribution in [2.75, 3.05) is 7.11 Å². The van der Waals surface area contributed by atoms with Gasteiger partial charge in [-0.25, -0.2) is 4.39 Å². The fraction of sp³-hybridized carbons (Fsp3) is 0.211. The molecule has 0 bridgehead atoms. The van der Waals surface area contributed by atoms with E-state index in [4.69, 9.17) is 9.15 Å². The lowest BCUT2D eigenvalue weighted by molar-refractivity contribution is -0.138. The van der Waals surface area contributed by atoms with Crippen molar-refractivity contribution >= 4 is 16.9 Å². The molecule has 1 heterocycles. The van der Waals surface area contributed by atoms with Crippen LogP contribution in [-0.4, -0.2) is 13.0 Å². The third-order valence-corrected chi connectivity index (χ3v) is 4.07. The first-order valence-electron chi connectivity index (χ1n) is 7.94. The Labute approximate surface area is 151 Å². The Bertz CT molecular complexity index is 979. The first-order valence-corrected chi connectivity index (χ1v) is 7.94. The zero-order chi connectivity index (χ0) is 19.6. The van der Waals surface area contributed by atoms with Crippen LogP contribution in [0.4, 0.5) is 17.6 Å². The molecule has 0 spiro atoms. The van der Waals surface area contributed by atoms with Crippen molar-refractivity contribution in [3.8, 4) is 5.75 Å². The minimum Gasteiger partial charge on any atom is -0.497 e. The van der Waals surface area contributed by atoms with E-state index in [2.05, 4.69) is 5.32 Å². The van der Waals surface area contributed by atoms with E-state index in [1.165, 1.54) is 13.4 Å². The van der Waals surface area contributed by atoms with Crippen LogP contribution in [0.3, 0.4) is 0 Å². The van der Waals surface area contributed by atoms with Crippen LogP contribution >= 0.6 is 0 Å². The van der Waals surface area contributed by atoms with Crippen molar-refractivity contribution in [1.29, 1.82) is 0 Å². The van der Waals surface area contributed by atoms with Gasteiger partial charge in [-0.2, -0.15) is 13.2 Å². The summed E-state index contributed by atoms with van der Waals surface area (Å²) in [4.78, 5) is 12.1. The highest BCUT2D eigenvalue weighted by Gasteiger charge is 2.33. The second-order valence-corrected chi connectivity index (χ2v) is 5.88. The van der Waals surface area contributed by atoms with Gasteiger partial charge in [0.15, 0.2) is 0 Å². The van der Waals surface area contributed by atoms with Gasteiger partial charge in [-0.3, -0.25) is 4.79 Å². The Kier molecular flexibility index (Phi) is 5.07. The second kappa shape index (κ2) is 7.30. The van der Waals surface area contributed by atoms with Gasteiger partial charge in [-0.15, -0.1) is 0 Å². The number of ether oxygens (including phenoxy) is 1. The van der Waals surface area contributed by atoms with E-state index < -0.39 is 23.5 Å². The molecule has 2 aromatic carbocycles. The molecule has 3 rings (SSSR count). The molecule has 0 aliphatic carbocycles. The highest BCUT2D eigenvalue weighted by atomic mass is 19.4. The lowest BCUT2D eigenvalue weighted by Gasteiger charge is -2.13. The monoisotopic (exact) mass is 381 g/mol. The molecular formula is C19H15F4NO3. The molecule has 27 heavy (non-hydrogen) atoms. The van der Waals surface area contributed by atoms with Crippen LogP contribution in [0, 0.1) is 5.82 Å². The molecule has 0 aliphatic rings. The minimum atomic E-state index is -4.71. The minimum absolute atomic E-state index is 0.0676. The number of halogens is 4. The molecule has 4 nitrogen and oxygen atoms in total. The standard InChI is InChI=1S/C19H15F4NO3/c1-26-14-4-5-15-12(10-27-17(15)8-14)6-18(25)24-9-11-2-3-13(20)7-16(11)19(21,22)23/h2-5,7-8,10H,6,9H2,1H3,(H,24,25). The van der Waals surface area contributed by atoms with Gasteiger partial charge in [-0.1, -0.05) is 6.07 Å². The summed E-state index contributed by atoms with van der Waals surface area (Å²) in [6.07, 6.45) is -3.35. The first kappa shape index (κ1) is 18.8. The van der Waals surface area contributed by atoms with Crippen molar-refractivity contribution < 1.29 is 31.5 Å². The first-order chi connectivity index (χ1) is 12.8. The van der Waals surface area contributed by atoms with Crippen LogP contribution in [-0.2, 0) is 23.9 Å². The van der Waals surface area contributed by atoms with Crippen molar-refractivity contribution in [2.45, 2.75) is 19.1 Å². The van der Waals surface area contributed by atoms with E-state index in [0.29, 0.717) is 28.3 Å². The Morgan fingerprint density at radius 2 is 1.93 bits per heavy atom. The summed E-state index contributed by atoms with van der Waals surface area (Å²) in [5.41, 5.74) is -0.182. The van der Waals surface area contributed by atoms with Crippen molar-refractivity contribution in [1.82, 2.24) is 5.32 Å². The number of alkyl halides is 3. The van der Waals surface area contributed by atoms with Gasteiger partial charge >= 0.3 is 6.18 Å². The predicted molar refractivity (Wildman–Crippen MR) is 89.7 cm³/mol. The van der Waals surface area contributed by atoms with E-state index in [0.717, 1.165) is 12.1 Å². The number of carbonyl (C=O) groups excluding carboxylic acids is 1. The quantitative estimate of drug-likeness (QED) is 0.664. The molecule has 142 valence electrons. The Hall–Kier alpha value is -3.03. The molecule has 3 aromatic rings. The van der Waals surface area contributed by atoms with Crippen molar-refractivity contribution in [3.63, 3.8) is 0 Å². The Morgan fingerprint density at radius 1 is 1.15 bits per heavy atom. The molecule has 0 saturated carbocycles. The molecule has 1 aromatic heterocycles. The molecule has 0 atom stereocenters. The van der Waals surface area contributed by atoms with Gasteiger partial charge in [0.2, 0.25) is 5.91 Å². The summed E-state index contributed by atoms with van der Waals surface area (Å²) in [6, 6.07) is 7.48. The number of hydrogen-bond donors (Lipinski definition) is 1. The zero-order valence-corrected chi connectivity index (χ0v) is 14.2.